The van der Waals surface area contributed by atoms with Crippen LogP contribution in [0.1, 0.15) is 56.6 Å². The first-order valence-electron chi connectivity index (χ1n) is 13.9. The van der Waals surface area contributed by atoms with Gasteiger partial charge in [-0.25, -0.2) is 13.9 Å². The molecule has 9 heteroatoms. The van der Waals surface area contributed by atoms with E-state index in [1.807, 2.05) is 21.5 Å². The van der Waals surface area contributed by atoms with E-state index in [0.29, 0.717) is 13.1 Å². The minimum Gasteiger partial charge on any atom is -0.234 e. The van der Waals surface area contributed by atoms with Crippen molar-refractivity contribution >= 4 is 45.2 Å². The standard InChI is InChI=1S/C31H34I2N7/c1-2-3-4-5-6-13-18-38-22-26(28-30(32)39(36-34-28)20-24-14-9-7-10-15-24)19-27(23-38)29-31(33)40(37-35-29)21-25-16-11-8-12-17-25/h7-12,14-17,19,22-23H,2-6,13,18,20-21H2,1H3/q+1. The highest BCUT2D eigenvalue weighted by Gasteiger charge is 2.21. The van der Waals surface area contributed by atoms with E-state index in [1.54, 1.807) is 0 Å². The van der Waals surface area contributed by atoms with E-state index in [1.165, 1.54) is 43.2 Å². The average molecular weight is 758 g/mol. The van der Waals surface area contributed by atoms with Crippen molar-refractivity contribution in [3.8, 4) is 22.5 Å². The van der Waals surface area contributed by atoms with E-state index in [-0.39, 0.29) is 0 Å². The zero-order valence-electron chi connectivity index (χ0n) is 22.8. The number of unbranched alkanes of at least 4 members (excludes halogenated alkanes) is 5. The van der Waals surface area contributed by atoms with Crippen molar-refractivity contribution in [2.75, 3.05) is 0 Å². The Morgan fingerprint density at radius 2 is 1.12 bits per heavy atom. The third kappa shape index (κ3) is 7.34. The maximum absolute atomic E-state index is 4.62. The molecule has 0 bridgehead atoms. The molecule has 0 spiro atoms. The molecule has 0 aliphatic heterocycles. The lowest BCUT2D eigenvalue weighted by Crippen LogP contribution is -2.33. The molecule has 0 saturated heterocycles. The van der Waals surface area contributed by atoms with Gasteiger partial charge in [-0.2, -0.15) is 0 Å². The van der Waals surface area contributed by atoms with Gasteiger partial charge >= 0.3 is 0 Å². The molecule has 0 radical (unpaired) electrons. The molecule has 0 atom stereocenters. The van der Waals surface area contributed by atoms with E-state index >= 15 is 0 Å². The molecule has 0 N–H and O–H groups in total. The molecule has 7 nitrogen and oxygen atoms in total. The fourth-order valence-electron chi connectivity index (χ4n) is 4.77. The second-order valence-electron chi connectivity index (χ2n) is 10.1. The molecule has 40 heavy (non-hydrogen) atoms. The molecule has 3 aromatic heterocycles. The fraction of sp³-hybridized carbons (Fsp3) is 0.323. The van der Waals surface area contributed by atoms with Gasteiger partial charge in [-0.05, 0) is 68.8 Å². The van der Waals surface area contributed by atoms with Crippen LogP contribution in [0, 0.1) is 7.40 Å². The van der Waals surface area contributed by atoms with Crippen LogP contribution in [0.2, 0.25) is 0 Å². The summed E-state index contributed by atoms with van der Waals surface area (Å²) in [4.78, 5) is 0. The molecular formula is C31H34I2N7+. The lowest BCUT2D eigenvalue weighted by Gasteiger charge is -2.06. The van der Waals surface area contributed by atoms with E-state index in [2.05, 4.69) is 144 Å². The molecule has 0 saturated carbocycles. The second kappa shape index (κ2) is 14.3. The Kier molecular flexibility index (Phi) is 10.3. The second-order valence-corrected chi connectivity index (χ2v) is 12.1. The highest BCUT2D eigenvalue weighted by atomic mass is 127. The molecule has 5 rings (SSSR count). The Labute approximate surface area is 263 Å². The summed E-state index contributed by atoms with van der Waals surface area (Å²) in [5, 5.41) is 18.3. The Hall–Kier alpha value is -2.67. The molecule has 206 valence electrons. The van der Waals surface area contributed by atoms with Crippen molar-refractivity contribution < 1.29 is 4.57 Å². The number of rotatable bonds is 13. The van der Waals surface area contributed by atoms with Gasteiger partial charge in [0.25, 0.3) is 0 Å². The van der Waals surface area contributed by atoms with Gasteiger partial charge < -0.3 is 0 Å². The lowest BCUT2D eigenvalue weighted by molar-refractivity contribution is -0.696. The van der Waals surface area contributed by atoms with Crippen LogP contribution < -0.4 is 4.57 Å². The van der Waals surface area contributed by atoms with Crippen LogP contribution in [0.25, 0.3) is 22.5 Å². The first kappa shape index (κ1) is 28.8. The zero-order valence-corrected chi connectivity index (χ0v) is 27.1. The summed E-state index contributed by atoms with van der Waals surface area (Å²) in [7, 11) is 0. The largest absolute Gasteiger partial charge is 0.234 e. The minimum absolute atomic E-state index is 0.690. The number of benzene rings is 2. The number of hydrogen-bond acceptors (Lipinski definition) is 4. The highest BCUT2D eigenvalue weighted by molar-refractivity contribution is 14.1. The summed E-state index contributed by atoms with van der Waals surface area (Å²) in [5.74, 6) is 0. The molecule has 0 aliphatic carbocycles. The Morgan fingerprint density at radius 1 is 0.650 bits per heavy atom. The molecule has 3 heterocycles. The van der Waals surface area contributed by atoms with Gasteiger partial charge in [-0.1, -0.05) is 104 Å². The summed E-state index contributed by atoms with van der Waals surface area (Å²) in [6.07, 6.45) is 12.0. The van der Waals surface area contributed by atoms with Gasteiger partial charge in [-0.15, -0.1) is 10.2 Å². The maximum atomic E-state index is 4.62. The van der Waals surface area contributed by atoms with Gasteiger partial charge in [0.1, 0.15) is 25.3 Å². The van der Waals surface area contributed by atoms with Crippen LogP contribution in [0.15, 0.2) is 79.1 Å². The third-order valence-corrected chi connectivity index (χ3v) is 9.07. The SMILES string of the molecule is CCCCCCCC[n+]1cc(-c2nnn(Cc3ccccc3)c2I)cc(-c2nnn(Cc3ccccc3)c2I)c1. The van der Waals surface area contributed by atoms with Gasteiger partial charge in [0, 0.05) is 6.42 Å². The number of pyridine rings is 1. The number of nitrogens with zero attached hydrogens (tertiary/aromatic N) is 7. The zero-order chi connectivity index (χ0) is 27.7. The molecule has 5 aromatic rings. The quantitative estimate of drug-likeness (QED) is 0.0727. The van der Waals surface area contributed by atoms with Crippen LogP contribution in [0.4, 0.5) is 0 Å². The van der Waals surface area contributed by atoms with Gasteiger partial charge in [-0.3, -0.25) is 0 Å². The molecule has 0 unspecified atom stereocenters. The van der Waals surface area contributed by atoms with Crippen molar-refractivity contribution in [3.05, 3.63) is 97.7 Å². The van der Waals surface area contributed by atoms with Crippen molar-refractivity contribution in [2.45, 2.75) is 65.1 Å². The number of hydrogen-bond donors (Lipinski definition) is 0. The predicted molar refractivity (Wildman–Crippen MR) is 175 cm³/mol. The van der Waals surface area contributed by atoms with Crippen LogP contribution in [0.5, 0.6) is 0 Å². The van der Waals surface area contributed by atoms with E-state index in [9.17, 15) is 0 Å². The first-order chi connectivity index (χ1) is 19.6. The fourth-order valence-corrected chi connectivity index (χ4v) is 6.14. The third-order valence-electron chi connectivity index (χ3n) is 6.94. The van der Waals surface area contributed by atoms with Gasteiger partial charge in [0.05, 0.1) is 24.2 Å². The highest BCUT2D eigenvalue weighted by Crippen LogP contribution is 2.28. The summed E-state index contributed by atoms with van der Waals surface area (Å²) in [6.45, 7) is 4.60. The monoisotopic (exact) mass is 758 g/mol. The van der Waals surface area contributed by atoms with E-state index in [4.69, 9.17) is 0 Å². The van der Waals surface area contributed by atoms with Crippen molar-refractivity contribution in [3.63, 3.8) is 0 Å². The maximum Gasteiger partial charge on any atom is 0.178 e. The van der Waals surface area contributed by atoms with Gasteiger partial charge in [0.2, 0.25) is 0 Å². The van der Waals surface area contributed by atoms with Crippen LogP contribution in [0.3, 0.4) is 0 Å². The van der Waals surface area contributed by atoms with Crippen LogP contribution in [-0.2, 0) is 19.6 Å². The minimum atomic E-state index is 0.690. The van der Waals surface area contributed by atoms with E-state index in [0.717, 1.165) is 42.9 Å². The summed E-state index contributed by atoms with van der Waals surface area (Å²) >= 11 is 4.74. The van der Waals surface area contributed by atoms with Crippen molar-refractivity contribution in [2.24, 2.45) is 0 Å². The van der Waals surface area contributed by atoms with Gasteiger partial charge in [0.15, 0.2) is 12.4 Å². The number of halogens is 2. The average Bonchev–Trinajstić information content (AvgIpc) is 3.53. The molecule has 0 aliphatic rings. The van der Waals surface area contributed by atoms with E-state index < -0.39 is 0 Å². The predicted octanol–water partition coefficient (Wildman–Crippen LogP) is 7.16. The molecule has 0 amide bonds. The number of aromatic nitrogens is 7. The van der Waals surface area contributed by atoms with Crippen LogP contribution in [-0.4, -0.2) is 30.0 Å². The molecule has 0 fully saturated rings. The lowest BCUT2D eigenvalue weighted by atomic mass is 10.1. The normalized spacial score (nSPS) is 11.3. The summed E-state index contributed by atoms with van der Waals surface area (Å²) in [6, 6.07) is 22.9. The topological polar surface area (TPSA) is 65.3 Å². The summed E-state index contributed by atoms with van der Waals surface area (Å²) < 4.78 is 8.27. The summed E-state index contributed by atoms with van der Waals surface area (Å²) in [5.41, 5.74) is 6.27. The van der Waals surface area contributed by atoms with Crippen LogP contribution >= 0.6 is 45.2 Å². The Balaban J connectivity index is 1.44. The van der Waals surface area contributed by atoms with Crippen molar-refractivity contribution in [1.29, 1.82) is 0 Å². The smallest absolute Gasteiger partial charge is 0.178 e. The molecule has 2 aromatic carbocycles. The Bertz CT molecular complexity index is 1410. The Morgan fingerprint density at radius 3 is 1.62 bits per heavy atom. The molecular weight excluding hydrogens is 724 g/mol. The number of aryl methyl sites for hydroxylation is 1. The first-order valence-corrected chi connectivity index (χ1v) is 16.1. The van der Waals surface area contributed by atoms with Crippen molar-refractivity contribution in [1.82, 2.24) is 30.0 Å².